The van der Waals surface area contributed by atoms with Crippen LogP contribution in [0.3, 0.4) is 0 Å². The van der Waals surface area contributed by atoms with Gasteiger partial charge in [0.2, 0.25) is 5.91 Å². The second kappa shape index (κ2) is 10.7. The molecule has 1 aliphatic heterocycles. The predicted molar refractivity (Wildman–Crippen MR) is 123 cm³/mol. The molecule has 0 bridgehead atoms. The van der Waals surface area contributed by atoms with Gasteiger partial charge in [-0.05, 0) is 36.8 Å². The number of benzene rings is 2. The predicted octanol–water partition coefficient (Wildman–Crippen LogP) is 2.37. The van der Waals surface area contributed by atoms with Crippen molar-refractivity contribution in [2.45, 2.75) is 33.2 Å². The van der Waals surface area contributed by atoms with Crippen molar-refractivity contribution in [3.63, 3.8) is 0 Å². The summed E-state index contributed by atoms with van der Waals surface area (Å²) in [5, 5.41) is 2.56. The smallest absolute Gasteiger partial charge is 0.329 e. The number of carbonyl (C=O) groups is 5. The van der Waals surface area contributed by atoms with Crippen molar-refractivity contribution in [2.24, 2.45) is 0 Å². The van der Waals surface area contributed by atoms with E-state index in [4.69, 9.17) is 9.47 Å². The largest absolute Gasteiger partial charge is 0.493 e. The minimum Gasteiger partial charge on any atom is -0.493 e. The number of hydrogen-bond donors (Lipinski definition) is 2. The minimum atomic E-state index is -1.09. The number of nitrogens with one attached hydrogen (secondary N) is 2. The zero-order chi connectivity index (χ0) is 25.7. The quantitative estimate of drug-likeness (QED) is 0.431. The second-order valence-corrected chi connectivity index (χ2v) is 7.57. The number of fused-ring (bicyclic) bond motifs is 1. The Balaban J connectivity index is 2.07. The average Bonchev–Trinajstić information content (AvgIpc) is 3.06. The summed E-state index contributed by atoms with van der Waals surface area (Å²) >= 11 is 0. The molecule has 0 unspecified atom stereocenters. The molecule has 1 atom stereocenters. The molecule has 0 aliphatic carbocycles. The summed E-state index contributed by atoms with van der Waals surface area (Å²) in [5.74, 6) is -2.44. The molecule has 0 saturated heterocycles. The van der Waals surface area contributed by atoms with Gasteiger partial charge in [-0.25, -0.2) is 0 Å². The van der Waals surface area contributed by atoms with Crippen LogP contribution in [0.5, 0.6) is 11.5 Å². The number of methoxy groups -OCH3 is 1. The molecule has 1 aliphatic rings. The number of hydrogen-bond acceptors (Lipinski definition) is 8. The Morgan fingerprint density at radius 1 is 1.03 bits per heavy atom. The molecule has 0 radical (unpaired) electrons. The van der Waals surface area contributed by atoms with Crippen LogP contribution in [-0.2, 0) is 19.2 Å². The van der Waals surface area contributed by atoms with E-state index in [1.165, 1.54) is 26.2 Å². The van der Waals surface area contributed by atoms with Gasteiger partial charge in [0.15, 0.2) is 11.5 Å². The highest BCUT2D eigenvalue weighted by Gasteiger charge is 2.43. The first-order valence-corrected chi connectivity index (χ1v) is 10.7. The van der Waals surface area contributed by atoms with Crippen LogP contribution in [-0.4, -0.2) is 48.2 Å². The topological polar surface area (TPSA) is 140 Å². The van der Waals surface area contributed by atoms with Gasteiger partial charge in [0, 0.05) is 13.8 Å². The number of imide groups is 1. The van der Waals surface area contributed by atoms with Gasteiger partial charge >= 0.3 is 5.97 Å². The van der Waals surface area contributed by atoms with Crippen molar-refractivity contribution in [3.8, 4) is 11.5 Å². The van der Waals surface area contributed by atoms with Crippen molar-refractivity contribution in [1.82, 2.24) is 10.4 Å². The third kappa shape index (κ3) is 5.40. The van der Waals surface area contributed by atoms with Crippen molar-refractivity contribution < 1.29 is 38.3 Å². The molecular weight excluding hydrogens is 458 g/mol. The number of hydroxylamine groups is 1. The first kappa shape index (κ1) is 25.2. The van der Waals surface area contributed by atoms with Gasteiger partial charge in [-0.2, -0.15) is 5.48 Å². The summed E-state index contributed by atoms with van der Waals surface area (Å²) in [5.41, 5.74) is 2.71. The van der Waals surface area contributed by atoms with Crippen molar-refractivity contribution in [3.05, 3.63) is 53.1 Å². The van der Waals surface area contributed by atoms with Crippen LogP contribution in [0.25, 0.3) is 0 Å². The third-order valence-electron chi connectivity index (χ3n) is 5.13. The summed E-state index contributed by atoms with van der Waals surface area (Å²) in [4.78, 5) is 67.7. The molecule has 4 amide bonds. The van der Waals surface area contributed by atoms with Gasteiger partial charge < -0.3 is 19.6 Å². The van der Waals surface area contributed by atoms with E-state index in [0.717, 1.165) is 11.8 Å². The molecule has 3 rings (SSSR count). The normalized spacial score (nSPS) is 13.1. The van der Waals surface area contributed by atoms with Gasteiger partial charge in [-0.3, -0.25) is 28.9 Å². The molecule has 11 heteroatoms. The fourth-order valence-electron chi connectivity index (χ4n) is 3.75. The molecule has 1 heterocycles. The Morgan fingerprint density at radius 2 is 1.77 bits per heavy atom. The van der Waals surface area contributed by atoms with Crippen LogP contribution in [0.1, 0.15) is 59.5 Å². The maximum absolute atomic E-state index is 13.5. The second-order valence-electron chi connectivity index (χ2n) is 7.57. The zero-order valence-corrected chi connectivity index (χ0v) is 19.7. The molecule has 0 aromatic heterocycles. The maximum Gasteiger partial charge on any atom is 0.329 e. The van der Waals surface area contributed by atoms with Gasteiger partial charge in [0.05, 0.1) is 43.0 Å². The standard InChI is InChI=1S/C24H25N3O8/c1-5-34-20-11-15(9-10-19(20)33-4)18(12-21(30)26-35-14(3)29)27-23(31)16-7-6-8-17(25-13(2)28)22(16)24(27)32/h6-11,18H,5,12H2,1-4H3,(H,25,28)(H,26,30)/t18-/m0/s1. The average molecular weight is 483 g/mol. The Labute approximate surface area is 201 Å². The van der Waals surface area contributed by atoms with Crippen LogP contribution < -0.4 is 20.3 Å². The van der Waals surface area contributed by atoms with E-state index in [-0.39, 0.29) is 16.8 Å². The first-order valence-electron chi connectivity index (χ1n) is 10.7. The van der Waals surface area contributed by atoms with Crippen LogP contribution >= 0.6 is 0 Å². The molecule has 2 aromatic rings. The van der Waals surface area contributed by atoms with E-state index in [1.807, 2.05) is 5.48 Å². The Kier molecular flexibility index (Phi) is 7.69. The number of amides is 4. The van der Waals surface area contributed by atoms with E-state index in [1.54, 1.807) is 31.2 Å². The van der Waals surface area contributed by atoms with Crippen molar-refractivity contribution in [1.29, 1.82) is 0 Å². The zero-order valence-electron chi connectivity index (χ0n) is 19.7. The Bertz CT molecular complexity index is 1190. The third-order valence-corrected chi connectivity index (χ3v) is 5.13. The Hall–Kier alpha value is -4.41. The lowest BCUT2D eigenvalue weighted by atomic mass is 10.0. The number of ether oxygens (including phenoxy) is 2. The molecule has 2 N–H and O–H groups in total. The number of anilines is 1. The molecule has 0 saturated carbocycles. The molecule has 11 nitrogen and oxygen atoms in total. The Morgan fingerprint density at radius 3 is 2.40 bits per heavy atom. The summed E-state index contributed by atoms with van der Waals surface area (Å²) in [6, 6.07) is 8.20. The highest BCUT2D eigenvalue weighted by molar-refractivity contribution is 6.24. The van der Waals surface area contributed by atoms with E-state index in [0.29, 0.717) is 23.7 Å². The molecule has 0 fully saturated rings. The van der Waals surface area contributed by atoms with E-state index >= 15 is 0 Å². The van der Waals surface area contributed by atoms with Gasteiger partial charge in [0.1, 0.15) is 0 Å². The van der Waals surface area contributed by atoms with Crippen LogP contribution in [0.2, 0.25) is 0 Å². The lowest BCUT2D eigenvalue weighted by Crippen LogP contribution is -2.38. The summed E-state index contributed by atoms with van der Waals surface area (Å²) in [7, 11) is 1.47. The highest BCUT2D eigenvalue weighted by atomic mass is 16.7. The van der Waals surface area contributed by atoms with Gasteiger partial charge in [-0.15, -0.1) is 0 Å². The van der Waals surface area contributed by atoms with Gasteiger partial charge in [0.25, 0.3) is 17.7 Å². The first-order chi connectivity index (χ1) is 16.7. The van der Waals surface area contributed by atoms with Crippen molar-refractivity contribution in [2.75, 3.05) is 19.0 Å². The number of carbonyl (C=O) groups excluding carboxylic acids is 5. The fourth-order valence-corrected chi connectivity index (χ4v) is 3.75. The van der Waals surface area contributed by atoms with Crippen LogP contribution in [0, 0.1) is 0 Å². The fraction of sp³-hybridized carbons (Fsp3) is 0.292. The molecular formula is C24H25N3O8. The lowest BCUT2D eigenvalue weighted by Gasteiger charge is -2.27. The molecule has 0 spiro atoms. The lowest BCUT2D eigenvalue weighted by molar-refractivity contribution is -0.156. The number of rotatable bonds is 8. The highest BCUT2D eigenvalue weighted by Crippen LogP contribution is 2.39. The molecule has 184 valence electrons. The molecule has 35 heavy (non-hydrogen) atoms. The summed E-state index contributed by atoms with van der Waals surface area (Å²) in [6.07, 6.45) is -0.411. The van der Waals surface area contributed by atoms with E-state index in [9.17, 15) is 24.0 Å². The monoisotopic (exact) mass is 483 g/mol. The molecule has 2 aromatic carbocycles. The summed E-state index contributed by atoms with van der Waals surface area (Å²) in [6.45, 7) is 4.50. The summed E-state index contributed by atoms with van der Waals surface area (Å²) < 4.78 is 10.9. The minimum absolute atomic E-state index is 0.0247. The van der Waals surface area contributed by atoms with E-state index < -0.39 is 42.1 Å². The maximum atomic E-state index is 13.5. The van der Waals surface area contributed by atoms with E-state index in [2.05, 4.69) is 10.2 Å². The van der Waals surface area contributed by atoms with Crippen LogP contribution in [0.15, 0.2) is 36.4 Å². The SMILES string of the molecule is CCOc1cc([C@H](CC(=O)NOC(C)=O)N2C(=O)c3cccc(NC(C)=O)c3C2=O)ccc1OC. The number of nitrogens with zero attached hydrogens (tertiary/aromatic N) is 1. The van der Waals surface area contributed by atoms with Crippen LogP contribution in [0.4, 0.5) is 5.69 Å². The van der Waals surface area contributed by atoms with Crippen molar-refractivity contribution >= 4 is 35.3 Å². The van der Waals surface area contributed by atoms with Gasteiger partial charge in [-0.1, -0.05) is 12.1 Å².